The van der Waals surface area contributed by atoms with Gasteiger partial charge in [-0.05, 0) is 25.3 Å². The summed E-state index contributed by atoms with van der Waals surface area (Å²) in [5.74, 6) is 0.0750. The van der Waals surface area contributed by atoms with Crippen molar-refractivity contribution in [2.24, 2.45) is 0 Å². The number of rotatable bonds is 2. The van der Waals surface area contributed by atoms with Crippen LogP contribution in [0.4, 0.5) is 0 Å². The van der Waals surface area contributed by atoms with E-state index in [1.165, 1.54) is 5.56 Å². The molecule has 1 aromatic carbocycles. The Hall–Kier alpha value is -1.84. The number of hydrogen-bond acceptors (Lipinski definition) is 2. The van der Waals surface area contributed by atoms with Gasteiger partial charge >= 0.3 is 0 Å². The monoisotopic (exact) mass is 286 g/mol. The Kier molecular flexibility index (Phi) is 3.70. The van der Waals surface area contributed by atoms with Crippen LogP contribution in [0.2, 0.25) is 0 Å². The summed E-state index contributed by atoms with van der Waals surface area (Å²) in [7, 11) is 0. The van der Waals surface area contributed by atoms with E-state index in [-0.39, 0.29) is 18.4 Å². The third-order valence-corrected chi connectivity index (χ3v) is 4.61. The van der Waals surface area contributed by atoms with Crippen molar-refractivity contribution < 1.29 is 9.59 Å². The lowest BCUT2D eigenvalue weighted by Gasteiger charge is -2.44. The van der Waals surface area contributed by atoms with Crippen LogP contribution in [0.15, 0.2) is 24.3 Å². The first-order chi connectivity index (χ1) is 10.1. The zero-order valence-electron chi connectivity index (χ0n) is 12.5. The highest BCUT2D eigenvalue weighted by Gasteiger charge is 2.46. The Balaban J connectivity index is 1.79. The summed E-state index contributed by atoms with van der Waals surface area (Å²) in [6.07, 6.45) is 4.75. The molecule has 2 aliphatic rings. The number of nitrogens with one attached hydrogen (secondary N) is 1. The van der Waals surface area contributed by atoms with E-state index >= 15 is 0 Å². The molecule has 1 aliphatic heterocycles. The molecule has 0 unspecified atom stereocenters. The third kappa shape index (κ3) is 2.80. The minimum absolute atomic E-state index is 0.0244. The van der Waals surface area contributed by atoms with Gasteiger partial charge in [0.05, 0.1) is 6.54 Å². The standard InChI is InChI=1S/C17H22N2O2/c1-13-5-7-14(8-6-13)11-19-12-15(20)18-17(16(19)21)9-3-2-4-10-17/h5-8H,2-4,9-12H2,1H3,(H,18,20). The smallest absolute Gasteiger partial charge is 0.249 e. The Bertz CT molecular complexity index is 544. The van der Waals surface area contributed by atoms with Gasteiger partial charge < -0.3 is 10.2 Å². The Morgan fingerprint density at radius 2 is 1.76 bits per heavy atom. The van der Waals surface area contributed by atoms with Gasteiger partial charge in [0.15, 0.2) is 0 Å². The number of piperazine rings is 1. The van der Waals surface area contributed by atoms with Gasteiger partial charge in [0.2, 0.25) is 11.8 Å². The second-order valence-corrected chi connectivity index (χ2v) is 6.34. The minimum Gasteiger partial charge on any atom is -0.340 e. The number of carbonyl (C=O) groups is 2. The average molecular weight is 286 g/mol. The van der Waals surface area contributed by atoms with E-state index in [1.54, 1.807) is 4.90 Å². The lowest BCUT2D eigenvalue weighted by Crippen LogP contribution is -2.66. The topological polar surface area (TPSA) is 49.4 Å². The fraction of sp³-hybridized carbons (Fsp3) is 0.529. The molecule has 1 aliphatic carbocycles. The lowest BCUT2D eigenvalue weighted by atomic mass is 9.79. The molecule has 2 amide bonds. The maximum Gasteiger partial charge on any atom is 0.249 e. The molecule has 4 nitrogen and oxygen atoms in total. The largest absolute Gasteiger partial charge is 0.340 e. The molecule has 0 radical (unpaired) electrons. The van der Waals surface area contributed by atoms with Crippen LogP contribution in [0, 0.1) is 6.92 Å². The molecule has 0 aromatic heterocycles. The molecule has 1 saturated carbocycles. The average Bonchev–Trinajstić information content (AvgIpc) is 2.48. The van der Waals surface area contributed by atoms with Crippen molar-refractivity contribution in [3.05, 3.63) is 35.4 Å². The quantitative estimate of drug-likeness (QED) is 0.905. The predicted molar refractivity (Wildman–Crippen MR) is 80.6 cm³/mol. The fourth-order valence-electron chi connectivity index (χ4n) is 3.44. The number of benzene rings is 1. The summed E-state index contributed by atoms with van der Waals surface area (Å²) >= 11 is 0. The van der Waals surface area contributed by atoms with Crippen LogP contribution < -0.4 is 5.32 Å². The molecule has 0 atom stereocenters. The van der Waals surface area contributed by atoms with Gasteiger partial charge in [0.1, 0.15) is 5.54 Å². The Labute approximate surface area is 125 Å². The van der Waals surface area contributed by atoms with Gasteiger partial charge in [0, 0.05) is 6.54 Å². The van der Waals surface area contributed by atoms with Crippen LogP contribution in [0.25, 0.3) is 0 Å². The number of hydrogen-bond donors (Lipinski definition) is 1. The van der Waals surface area contributed by atoms with Crippen molar-refractivity contribution in [2.75, 3.05) is 6.54 Å². The normalized spacial score (nSPS) is 21.5. The second-order valence-electron chi connectivity index (χ2n) is 6.34. The molecule has 1 spiro atoms. The van der Waals surface area contributed by atoms with E-state index in [4.69, 9.17) is 0 Å². The Morgan fingerprint density at radius 3 is 2.43 bits per heavy atom. The maximum atomic E-state index is 12.8. The predicted octanol–water partition coefficient (Wildman–Crippen LogP) is 2.16. The first kappa shape index (κ1) is 14.1. The summed E-state index contributed by atoms with van der Waals surface area (Å²) in [5.41, 5.74) is 1.65. The number of carbonyl (C=O) groups excluding carboxylic acids is 2. The van der Waals surface area contributed by atoms with Gasteiger partial charge in [-0.15, -0.1) is 0 Å². The first-order valence-electron chi connectivity index (χ1n) is 7.75. The highest BCUT2D eigenvalue weighted by Crippen LogP contribution is 2.32. The van der Waals surface area contributed by atoms with E-state index < -0.39 is 5.54 Å². The molecule has 112 valence electrons. The SMILES string of the molecule is Cc1ccc(CN2CC(=O)NC3(CCCCC3)C2=O)cc1. The lowest BCUT2D eigenvalue weighted by molar-refractivity contribution is -0.152. The highest BCUT2D eigenvalue weighted by molar-refractivity contribution is 5.98. The molecular formula is C17H22N2O2. The van der Waals surface area contributed by atoms with E-state index in [0.717, 1.165) is 37.7 Å². The first-order valence-corrected chi connectivity index (χ1v) is 7.75. The molecule has 4 heteroatoms. The van der Waals surface area contributed by atoms with Crippen molar-refractivity contribution in [1.29, 1.82) is 0 Å². The number of aryl methyl sites for hydroxylation is 1. The molecule has 0 bridgehead atoms. The molecule has 21 heavy (non-hydrogen) atoms. The van der Waals surface area contributed by atoms with E-state index in [1.807, 2.05) is 31.2 Å². The van der Waals surface area contributed by atoms with Gasteiger partial charge in [-0.25, -0.2) is 0 Å². The zero-order valence-corrected chi connectivity index (χ0v) is 12.5. The fourth-order valence-corrected chi connectivity index (χ4v) is 3.44. The highest BCUT2D eigenvalue weighted by atomic mass is 16.2. The van der Waals surface area contributed by atoms with Crippen LogP contribution >= 0.6 is 0 Å². The third-order valence-electron chi connectivity index (χ3n) is 4.61. The second kappa shape index (κ2) is 5.51. The number of nitrogens with zero attached hydrogens (tertiary/aromatic N) is 1. The van der Waals surface area contributed by atoms with E-state index in [9.17, 15) is 9.59 Å². The maximum absolute atomic E-state index is 12.8. The summed E-state index contributed by atoms with van der Waals surface area (Å²) < 4.78 is 0. The molecule has 3 rings (SSSR count). The van der Waals surface area contributed by atoms with E-state index in [0.29, 0.717) is 6.54 Å². The van der Waals surface area contributed by atoms with Crippen molar-refractivity contribution in [3.63, 3.8) is 0 Å². The van der Waals surface area contributed by atoms with Gasteiger partial charge in [-0.3, -0.25) is 9.59 Å². The summed E-state index contributed by atoms with van der Waals surface area (Å²) in [6.45, 7) is 2.74. The number of amides is 2. The zero-order chi connectivity index (χ0) is 14.9. The van der Waals surface area contributed by atoms with Crippen LogP contribution in [0.3, 0.4) is 0 Å². The van der Waals surface area contributed by atoms with Crippen LogP contribution in [0.1, 0.15) is 43.2 Å². The van der Waals surface area contributed by atoms with Crippen LogP contribution in [0.5, 0.6) is 0 Å². The summed E-state index contributed by atoms with van der Waals surface area (Å²) in [4.78, 5) is 26.6. The summed E-state index contributed by atoms with van der Waals surface area (Å²) in [5, 5.41) is 2.98. The summed E-state index contributed by atoms with van der Waals surface area (Å²) in [6, 6.07) is 8.14. The van der Waals surface area contributed by atoms with Crippen molar-refractivity contribution in [3.8, 4) is 0 Å². The van der Waals surface area contributed by atoms with Crippen molar-refractivity contribution >= 4 is 11.8 Å². The van der Waals surface area contributed by atoms with Gasteiger partial charge in [-0.1, -0.05) is 49.1 Å². The van der Waals surface area contributed by atoms with Crippen molar-refractivity contribution in [2.45, 2.75) is 51.1 Å². The minimum atomic E-state index is -0.627. The molecule has 1 N–H and O–H groups in total. The van der Waals surface area contributed by atoms with E-state index in [2.05, 4.69) is 5.32 Å². The molecule has 1 heterocycles. The van der Waals surface area contributed by atoms with Crippen LogP contribution in [-0.4, -0.2) is 28.8 Å². The van der Waals surface area contributed by atoms with Crippen molar-refractivity contribution in [1.82, 2.24) is 10.2 Å². The molecule has 1 saturated heterocycles. The van der Waals surface area contributed by atoms with Gasteiger partial charge in [0.25, 0.3) is 0 Å². The van der Waals surface area contributed by atoms with Gasteiger partial charge in [-0.2, -0.15) is 0 Å². The molecule has 2 fully saturated rings. The van der Waals surface area contributed by atoms with Crippen LogP contribution in [-0.2, 0) is 16.1 Å². The Morgan fingerprint density at radius 1 is 1.10 bits per heavy atom. The molecule has 1 aromatic rings. The molecular weight excluding hydrogens is 264 g/mol.